The fraction of sp³-hybridized carbons (Fsp3) is 0.714. The third kappa shape index (κ3) is 9.47. The summed E-state index contributed by atoms with van der Waals surface area (Å²) < 4.78 is 68.8. The van der Waals surface area contributed by atoms with Gasteiger partial charge in [0.15, 0.2) is 12.2 Å². The minimum atomic E-state index is -5.15. The molecule has 0 saturated heterocycles. The molecule has 0 saturated carbocycles. The number of aliphatic hydroxyl groups is 2. The van der Waals surface area contributed by atoms with Gasteiger partial charge in [0, 0.05) is 28.8 Å². The smallest absolute Gasteiger partial charge is 0.384 e. The topological polar surface area (TPSA) is 40.5 Å². The van der Waals surface area contributed by atoms with Gasteiger partial charge in [0.2, 0.25) is 0 Å². The molecule has 0 fully saturated rings. The Balaban J connectivity index is -0.000000240. The predicted octanol–water partition coefficient (Wildman–Crippen LogP) is 2.12. The molecule has 2 nitrogen and oxygen atoms in total. The molecule has 0 aromatic heterocycles. The summed E-state index contributed by atoms with van der Waals surface area (Å²) in [5.41, 5.74) is 0. The average Bonchev–Trinajstić information content (AvgIpc) is 1.82. The van der Waals surface area contributed by atoms with Crippen LogP contribution in [0.1, 0.15) is 6.42 Å². The van der Waals surface area contributed by atoms with E-state index in [2.05, 4.69) is 0 Å². The minimum Gasteiger partial charge on any atom is -0.384 e. The van der Waals surface area contributed by atoms with Crippen molar-refractivity contribution in [1.82, 2.24) is 0 Å². The van der Waals surface area contributed by atoms with E-state index >= 15 is 0 Å². The van der Waals surface area contributed by atoms with E-state index in [1.807, 2.05) is 0 Å². The van der Waals surface area contributed by atoms with Crippen LogP contribution in [0, 0.1) is 14.9 Å². The molecule has 2 N–H and O–H groups in total. The molecule has 2 atom stereocenters. The van der Waals surface area contributed by atoms with Crippen LogP contribution in [0.15, 0.2) is 0 Å². The van der Waals surface area contributed by atoms with Crippen LogP contribution < -0.4 is 0 Å². The Morgan fingerprint density at radius 1 is 0.750 bits per heavy atom. The van der Waals surface area contributed by atoms with Crippen molar-refractivity contribution in [1.29, 1.82) is 0 Å². The fourth-order valence-electron chi connectivity index (χ4n) is 0.479. The van der Waals surface area contributed by atoms with Gasteiger partial charge >= 0.3 is 12.4 Å². The molecule has 0 rings (SSSR count). The van der Waals surface area contributed by atoms with Crippen LogP contribution in [0.4, 0.5) is 26.3 Å². The van der Waals surface area contributed by atoms with E-state index in [-0.39, 0.29) is 37.2 Å². The van der Waals surface area contributed by atoms with Crippen molar-refractivity contribution in [2.45, 2.75) is 31.0 Å². The van der Waals surface area contributed by atoms with Crippen LogP contribution in [0.2, 0.25) is 0 Å². The molecule has 0 spiro atoms. The normalized spacial score (nSPS) is 15.0. The Bertz CT molecular complexity index is 151. The van der Waals surface area contributed by atoms with Crippen LogP contribution in [0.5, 0.6) is 0 Å². The zero-order valence-corrected chi connectivity index (χ0v) is 9.81. The number of hydrogen-bond acceptors (Lipinski definition) is 2. The molecule has 0 aliphatic rings. The van der Waals surface area contributed by atoms with Gasteiger partial charge in [-0.3, -0.25) is 0 Å². The molecule has 0 aliphatic carbocycles. The van der Waals surface area contributed by atoms with Crippen molar-refractivity contribution >= 4 is 0 Å². The summed E-state index contributed by atoms with van der Waals surface area (Å²) in [6.07, 6.45) is -18.4. The monoisotopic (exact) mass is 349 g/mol. The number of rotatable bonds is 2. The van der Waals surface area contributed by atoms with E-state index in [1.54, 1.807) is 0 Å². The maximum absolute atomic E-state index is 11.5. The first-order valence-electron chi connectivity index (χ1n) is 3.04. The summed E-state index contributed by atoms with van der Waals surface area (Å²) in [5, 5.41) is 16.3. The van der Waals surface area contributed by atoms with Crippen molar-refractivity contribution in [3.8, 4) is 0 Å². The van der Waals surface area contributed by atoms with Crippen molar-refractivity contribution in [3.63, 3.8) is 0 Å². The van der Waals surface area contributed by atoms with Gasteiger partial charge in [0.25, 0.3) is 0 Å². The van der Waals surface area contributed by atoms with Crippen molar-refractivity contribution in [2.24, 2.45) is 0 Å². The van der Waals surface area contributed by atoms with E-state index < -0.39 is 31.0 Å². The molecule has 2 unspecified atom stereocenters. The van der Waals surface area contributed by atoms with Crippen LogP contribution in [0.25, 0.3) is 0 Å². The average molecular weight is 350 g/mol. The van der Waals surface area contributed by atoms with Crippen LogP contribution in [0.3, 0.4) is 0 Å². The van der Waals surface area contributed by atoms with E-state index in [0.717, 1.165) is 0 Å². The minimum absolute atomic E-state index is 0. The Hall–Kier alpha value is 0.240. The SMILES string of the molecule is OC(CC(O)C(F)(F)F)C(F)(F)F.[Ag].[CH3-].[CH3-]. The van der Waals surface area contributed by atoms with Crippen molar-refractivity contribution < 1.29 is 58.9 Å². The number of aliphatic hydroxyl groups excluding tert-OH is 2. The molecule has 9 heteroatoms. The maximum atomic E-state index is 11.5. The number of hydrogen-bond donors (Lipinski definition) is 2. The first kappa shape index (κ1) is 25.2. The standard InChI is InChI=1S/C5H6F6O2.2CH3.Ag/c6-4(7,8)2(12)1-3(13)5(9,10)11;;;/h2-3,12-13H,1H2;2*1H3;/q;2*-1;. The van der Waals surface area contributed by atoms with E-state index in [1.165, 1.54) is 0 Å². The van der Waals surface area contributed by atoms with Gasteiger partial charge in [-0.15, -0.1) is 0 Å². The summed E-state index contributed by atoms with van der Waals surface area (Å²) in [6.45, 7) is 0. The third-order valence-electron chi connectivity index (χ3n) is 1.20. The van der Waals surface area contributed by atoms with Gasteiger partial charge in [0.1, 0.15) is 0 Å². The Kier molecular flexibility index (Phi) is 13.1. The Morgan fingerprint density at radius 3 is 1.06 bits per heavy atom. The zero-order chi connectivity index (χ0) is 10.9. The largest absolute Gasteiger partial charge is 0.414 e. The summed E-state index contributed by atoms with van der Waals surface area (Å²) in [5.74, 6) is 0. The van der Waals surface area contributed by atoms with Gasteiger partial charge < -0.3 is 25.1 Å². The van der Waals surface area contributed by atoms with E-state index in [0.29, 0.717) is 0 Å². The molecule has 0 aromatic carbocycles. The molecule has 107 valence electrons. The third-order valence-corrected chi connectivity index (χ3v) is 1.20. The van der Waals surface area contributed by atoms with Crippen LogP contribution in [-0.2, 0) is 22.4 Å². The second-order valence-corrected chi connectivity index (χ2v) is 2.35. The second-order valence-electron chi connectivity index (χ2n) is 2.35. The molecule has 0 aliphatic heterocycles. The maximum Gasteiger partial charge on any atom is 0.414 e. The summed E-state index contributed by atoms with van der Waals surface area (Å²) >= 11 is 0. The molecule has 0 bridgehead atoms. The van der Waals surface area contributed by atoms with Gasteiger partial charge in [-0.25, -0.2) is 0 Å². The van der Waals surface area contributed by atoms with Crippen LogP contribution >= 0.6 is 0 Å². The van der Waals surface area contributed by atoms with Crippen molar-refractivity contribution in [2.75, 3.05) is 0 Å². The Morgan fingerprint density at radius 2 is 0.938 bits per heavy atom. The number of alkyl halides is 6. The predicted molar refractivity (Wildman–Crippen MR) is 41.6 cm³/mol. The first-order valence-corrected chi connectivity index (χ1v) is 3.04. The summed E-state index contributed by atoms with van der Waals surface area (Å²) in [7, 11) is 0. The van der Waals surface area contributed by atoms with Gasteiger partial charge in [-0.05, 0) is 0 Å². The van der Waals surface area contributed by atoms with Crippen LogP contribution in [-0.4, -0.2) is 34.8 Å². The molecular weight excluding hydrogens is 338 g/mol. The number of halogens is 6. The quantitative estimate of drug-likeness (QED) is 0.455. The van der Waals surface area contributed by atoms with Gasteiger partial charge in [0.05, 0.1) is 0 Å². The molecule has 0 amide bonds. The molecule has 16 heavy (non-hydrogen) atoms. The summed E-state index contributed by atoms with van der Waals surface area (Å²) in [4.78, 5) is 0. The molecule has 0 heterocycles. The molecular formula is C7H12AgF6O2-2. The Labute approximate surface area is 105 Å². The van der Waals surface area contributed by atoms with E-state index in [9.17, 15) is 26.3 Å². The molecule has 0 aromatic rings. The second kappa shape index (κ2) is 8.35. The zero-order valence-electron chi connectivity index (χ0n) is 8.33. The first-order chi connectivity index (χ1) is 5.55. The van der Waals surface area contributed by atoms with Crippen molar-refractivity contribution in [3.05, 3.63) is 14.9 Å². The van der Waals surface area contributed by atoms with Gasteiger partial charge in [-0.1, -0.05) is 0 Å². The fourth-order valence-corrected chi connectivity index (χ4v) is 0.479. The van der Waals surface area contributed by atoms with E-state index in [4.69, 9.17) is 10.2 Å². The van der Waals surface area contributed by atoms with Gasteiger partial charge in [-0.2, -0.15) is 26.3 Å². The summed E-state index contributed by atoms with van der Waals surface area (Å²) in [6, 6.07) is 0. The molecule has 1 radical (unpaired) electrons.